The SMILES string of the molecule is CCC1(C)CC(NC(C)CNC(=O)OC(C)(C)C)CCO1. The van der Waals surface area contributed by atoms with Crippen LogP contribution in [0.3, 0.4) is 0 Å². The van der Waals surface area contributed by atoms with Crippen molar-refractivity contribution in [3.05, 3.63) is 0 Å². The van der Waals surface area contributed by atoms with Crippen molar-refractivity contribution in [2.45, 2.75) is 84.1 Å². The Morgan fingerprint density at radius 2 is 2.14 bits per heavy atom. The van der Waals surface area contributed by atoms with Crippen LogP contribution >= 0.6 is 0 Å². The molecule has 2 N–H and O–H groups in total. The molecular formula is C16H32N2O3. The summed E-state index contributed by atoms with van der Waals surface area (Å²) in [4.78, 5) is 11.6. The van der Waals surface area contributed by atoms with Crippen molar-refractivity contribution in [2.75, 3.05) is 13.2 Å². The number of alkyl carbamates (subject to hydrolysis) is 1. The summed E-state index contributed by atoms with van der Waals surface area (Å²) in [7, 11) is 0. The Morgan fingerprint density at radius 1 is 1.48 bits per heavy atom. The molecule has 1 aliphatic heterocycles. The molecule has 5 nitrogen and oxygen atoms in total. The second-order valence-electron chi connectivity index (χ2n) is 7.29. The van der Waals surface area contributed by atoms with E-state index in [-0.39, 0.29) is 17.7 Å². The van der Waals surface area contributed by atoms with Gasteiger partial charge in [0.1, 0.15) is 5.60 Å². The first-order valence-corrected chi connectivity index (χ1v) is 8.00. The third-order valence-corrected chi connectivity index (χ3v) is 3.81. The first kappa shape index (κ1) is 18.2. The molecular weight excluding hydrogens is 268 g/mol. The molecule has 21 heavy (non-hydrogen) atoms. The Bertz CT molecular complexity index is 341. The quantitative estimate of drug-likeness (QED) is 0.819. The highest BCUT2D eigenvalue weighted by atomic mass is 16.6. The smallest absolute Gasteiger partial charge is 0.407 e. The third-order valence-electron chi connectivity index (χ3n) is 3.81. The molecule has 0 aromatic carbocycles. The second kappa shape index (κ2) is 7.45. The Balaban J connectivity index is 2.30. The van der Waals surface area contributed by atoms with Crippen molar-refractivity contribution in [3.8, 4) is 0 Å². The highest BCUT2D eigenvalue weighted by Crippen LogP contribution is 2.27. The standard InChI is InChI=1S/C16H32N2O3/c1-7-16(6)10-13(8-9-20-16)18-12(2)11-17-14(19)21-15(3,4)5/h12-13,18H,7-11H2,1-6H3,(H,17,19). The van der Waals surface area contributed by atoms with Crippen LogP contribution in [0, 0.1) is 0 Å². The van der Waals surface area contributed by atoms with E-state index >= 15 is 0 Å². The van der Waals surface area contributed by atoms with Gasteiger partial charge in [-0.1, -0.05) is 6.92 Å². The summed E-state index contributed by atoms with van der Waals surface area (Å²) >= 11 is 0. The minimum absolute atomic E-state index is 0.0196. The lowest BCUT2D eigenvalue weighted by Crippen LogP contribution is -2.50. The van der Waals surface area contributed by atoms with Gasteiger partial charge in [0, 0.05) is 25.2 Å². The van der Waals surface area contributed by atoms with E-state index in [1.807, 2.05) is 20.8 Å². The molecule has 1 fully saturated rings. The average Bonchev–Trinajstić information content (AvgIpc) is 2.34. The summed E-state index contributed by atoms with van der Waals surface area (Å²) < 4.78 is 11.1. The van der Waals surface area contributed by atoms with Gasteiger partial charge in [0.25, 0.3) is 0 Å². The van der Waals surface area contributed by atoms with E-state index < -0.39 is 5.60 Å². The van der Waals surface area contributed by atoms with Crippen LogP contribution < -0.4 is 10.6 Å². The summed E-state index contributed by atoms with van der Waals surface area (Å²) in [6.45, 7) is 13.4. The summed E-state index contributed by atoms with van der Waals surface area (Å²) in [5, 5.41) is 6.38. The zero-order chi connectivity index (χ0) is 16.1. The Kier molecular flexibility index (Phi) is 6.47. The Morgan fingerprint density at radius 3 is 2.71 bits per heavy atom. The van der Waals surface area contributed by atoms with E-state index in [1.165, 1.54) is 0 Å². The second-order valence-corrected chi connectivity index (χ2v) is 7.29. The fourth-order valence-electron chi connectivity index (χ4n) is 2.53. The molecule has 124 valence electrons. The van der Waals surface area contributed by atoms with Gasteiger partial charge in [0.05, 0.1) is 5.60 Å². The molecule has 1 amide bonds. The van der Waals surface area contributed by atoms with E-state index in [2.05, 4.69) is 31.4 Å². The average molecular weight is 300 g/mol. The monoisotopic (exact) mass is 300 g/mol. The molecule has 3 unspecified atom stereocenters. The zero-order valence-electron chi connectivity index (χ0n) is 14.4. The fourth-order valence-corrected chi connectivity index (χ4v) is 2.53. The highest BCUT2D eigenvalue weighted by molar-refractivity contribution is 5.67. The van der Waals surface area contributed by atoms with E-state index in [1.54, 1.807) is 0 Å². The van der Waals surface area contributed by atoms with Crippen molar-refractivity contribution in [1.29, 1.82) is 0 Å². The summed E-state index contributed by atoms with van der Waals surface area (Å²) in [6.07, 6.45) is 2.70. The normalized spacial score (nSPS) is 28.0. The lowest BCUT2D eigenvalue weighted by atomic mass is 9.89. The number of amides is 1. The first-order valence-electron chi connectivity index (χ1n) is 8.00. The highest BCUT2D eigenvalue weighted by Gasteiger charge is 2.32. The topological polar surface area (TPSA) is 59.6 Å². The number of hydrogen-bond donors (Lipinski definition) is 2. The number of carbonyl (C=O) groups excluding carboxylic acids is 1. The van der Waals surface area contributed by atoms with Gasteiger partial charge in [-0.2, -0.15) is 0 Å². The molecule has 3 atom stereocenters. The molecule has 0 aromatic heterocycles. The number of hydrogen-bond acceptors (Lipinski definition) is 4. The van der Waals surface area contributed by atoms with Gasteiger partial charge in [-0.05, 0) is 53.9 Å². The number of nitrogens with one attached hydrogen (secondary N) is 2. The van der Waals surface area contributed by atoms with Crippen molar-refractivity contribution in [2.24, 2.45) is 0 Å². The molecule has 1 rings (SSSR count). The van der Waals surface area contributed by atoms with Crippen molar-refractivity contribution in [1.82, 2.24) is 10.6 Å². The lowest BCUT2D eigenvalue weighted by molar-refractivity contribution is -0.0789. The van der Waals surface area contributed by atoms with Crippen LogP contribution in [-0.2, 0) is 9.47 Å². The minimum Gasteiger partial charge on any atom is -0.444 e. The molecule has 1 aliphatic rings. The van der Waals surface area contributed by atoms with Gasteiger partial charge in [0.15, 0.2) is 0 Å². The first-order chi connectivity index (χ1) is 9.63. The maximum Gasteiger partial charge on any atom is 0.407 e. The van der Waals surface area contributed by atoms with Gasteiger partial charge in [-0.25, -0.2) is 4.79 Å². The number of ether oxygens (including phenoxy) is 2. The van der Waals surface area contributed by atoms with E-state index in [0.717, 1.165) is 25.9 Å². The Labute approximate surface area is 129 Å². The largest absolute Gasteiger partial charge is 0.444 e. The zero-order valence-corrected chi connectivity index (χ0v) is 14.4. The van der Waals surface area contributed by atoms with Crippen LogP contribution in [-0.4, -0.2) is 42.5 Å². The van der Waals surface area contributed by atoms with Gasteiger partial charge in [-0.15, -0.1) is 0 Å². The molecule has 0 aromatic rings. The van der Waals surface area contributed by atoms with Gasteiger partial charge < -0.3 is 20.1 Å². The van der Waals surface area contributed by atoms with Crippen LogP contribution in [0.1, 0.15) is 60.8 Å². The molecule has 1 saturated heterocycles. The van der Waals surface area contributed by atoms with Gasteiger partial charge in [-0.3, -0.25) is 0 Å². The number of carbonyl (C=O) groups is 1. The maximum absolute atomic E-state index is 11.6. The third kappa shape index (κ3) is 7.14. The summed E-state index contributed by atoms with van der Waals surface area (Å²) in [5.74, 6) is 0. The van der Waals surface area contributed by atoms with Gasteiger partial charge in [0.2, 0.25) is 0 Å². The molecule has 0 saturated carbocycles. The van der Waals surface area contributed by atoms with Crippen LogP contribution in [0.5, 0.6) is 0 Å². The van der Waals surface area contributed by atoms with E-state index in [0.29, 0.717) is 12.6 Å². The molecule has 0 radical (unpaired) electrons. The van der Waals surface area contributed by atoms with Crippen LogP contribution in [0.25, 0.3) is 0 Å². The summed E-state index contributed by atoms with van der Waals surface area (Å²) in [6, 6.07) is 0.654. The van der Waals surface area contributed by atoms with Crippen LogP contribution in [0.2, 0.25) is 0 Å². The lowest BCUT2D eigenvalue weighted by Gasteiger charge is -2.39. The fraction of sp³-hybridized carbons (Fsp3) is 0.938. The van der Waals surface area contributed by atoms with Gasteiger partial charge >= 0.3 is 6.09 Å². The number of rotatable bonds is 5. The van der Waals surface area contributed by atoms with E-state index in [4.69, 9.17) is 9.47 Å². The van der Waals surface area contributed by atoms with Crippen LogP contribution in [0.4, 0.5) is 4.79 Å². The Hall–Kier alpha value is -0.810. The molecule has 1 heterocycles. The van der Waals surface area contributed by atoms with Crippen molar-refractivity contribution < 1.29 is 14.3 Å². The van der Waals surface area contributed by atoms with Crippen LogP contribution in [0.15, 0.2) is 0 Å². The minimum atomic E-state index is -0.454. The summed E-state index contributed by atoms with van der Waals surface area (Å²) in [5.41, 5.74) is -0.474. The predicted octanol–water partition coefficient (Wildman–Crippen LogP) is 2.84. The molecule has 5 heteroatoms. The molecule has 0 bridgehead atoms. The van der Waals surface area contributed by atoms with E-state index in [9.17, 15) is 4.79 Å². The maximum atomic E-state index is 11.6. The molecule has 0 aliphatic carbocycles. The van der Waals surface area contributed by atoms with Crippen molar-refractivity contribution in [3.63, 3.8) is 0 Å². The molecule has 0 spiro atoms. The predicted molar refractivity (Wildman–Crippen MR) is 84.5 cm³/mol. The van der Waals surface area contributed by atoms with Crippen molar-refractivity contribution >= 4 is 6.09 Å².